The zero-order valence-corrected chi connectivity index (χ0v) is 14.5. The van der Waals surface area contributed by atoms with Gasteiger partial charge in [-0.2, -0.15) is 0 Å². The van der Waals surface area contributed by atoms with Crippen molar-refractivity contribution in [2.75, 3.05) is 18.1 Å². The van der Waals surface area contributed by atoms with Crippen molar-refractivity contribution in [3.63, 3.8) is 0 Å². The summed E-state index contributed by atoms with van der Waals surface area (Å²) < 4.78 is 5.51. The number of anilines is 1. The van der Waals surface area contributed by atoms with Gasteiger partial charge in [-0.15, -0.1) is 0 Å². The van der Waals surface area contributed by atoms with Crippen molar-refractivity contribution in [2.24, 2.45) is 0 Å². The van der Waals surface area contributed by atoms with Gasteiger partial charge < -0.3 is 9.64 Å². The Morgan fingerprint density at radius 3 is 2.31 bits per heavy atom. The first kappa shape index (κ1) is 16.6. The molecule has 1 atom stereocenters. The third-order valence-electron chi connectivity index (χ3n) is 4.54. The van der Waals surface area contributed by atoms with Crippen LogP contribution in [0.2, 0.25) is 0 Å². The van der Waals surface area contributed by atoms with Crippen molar-refractivity contribution in [2.45, 2.75) is 25.4 Å². The van der Waals surface area contributed by atoms with Crippen LogP contribution in [0.25, 0.3) is 0 Å². The van der Waals surface area contributed by atoms with Crippen LogP contribution in [0.5, 0.6) is 0 Å². The number of nitrogens with zero attached hydrogens (tertiary/aromatic N) is 5. The lowest BCUT2D eigenvalue weighted by atomic mass is 10.0. The van der Waals surface area contributed by atoms with E-state index in [1.165, 1.54) is 0 Å². The van der Waals surface area contributed by atoms with E-state index < -0.39 is 0 Å². The second kappa shape index (κ2) is 8.01. The minimum absolute atomic E-state index is 0.357. The van der Waals surface area contributed by atoms with Gasteiger partial charge in [0.25, 0.3) is 0 Å². The second-order valence-corrected chi connectivity index (χ2v) is 6.44. The van der Waals surface area contributed by atoms with E-state index in [4.69, 9.17) is 4.74 Å². The Hall–Kier alpha value is -2.86. The number of ether oxygens (including phenoxy) is 1. The molecule has 6 nitrogen and oxygen atoms in total. The molecule has 0 aromatic carbocycles. The van der Waals surface area contributed by atoms with Gasteiger partial charge in [-0.1, -0.05) is 12.1 Å². The molecule has 132 valence electrons. The molecule has 0 bridgehead atoms. The van der Waals surface area contributed by atoms with E-state index in [0.717, 1.165) is 55.4 Å². The van der Waals surface area contributed by atoms with Gasteiger partial charge in [0.2, 0.25) is 0 Å². The van der Waals surface area contributed by atoms with Crippen molar-refractivity contribution in [1.82, 2.24) is 19.9 Å². The fraction of sp³-hybridized carbons (Fsp3) is 0.300. The van der Waals surface area contributed by atoms with Crippen LogP contribution in [-0.2, 0) is 17.8 Å². The zero-order valence-electron chi connectivity index (χ0n) is 14.5. The van der Waals surface area contributed by atoms with Gasteiger partial charge in [-0.25, -0.2) is 9.97 Å². The third kappa shape index (κ3) is 4.03. The van der Waals surface area contributed by atoms with Crippen molar-refractivity contribution in [3.05, 3.63) is 78.3 Å². The highest BCUT2D eigenvalue weighted by atomic mass is 16.5. The Kier molecular flexibility index (Phi) is 5.12. The minimum atomic E-state index is 0.357. The van der Waals surface area contributed by atoms with E-state index in [1.54, 1.807) is 18.7 Å². The predicted molar refractivity (Wildman–Crippen MR) is 98.6 cm³/mol. The predicted octanol–water partition coefficient (Wildman–Crippen LogP) is 2.98. The molecule has 1 fully saturated rings. The molecule has 6 heteroatoms. The molecule has 26 heavy (non-hydrogen) atoms. The molecular weight excluding hydrogens is 326 g/mol. The van der Waals surface area contributed by atoms with Gasteiger partial charge >= 0.3 is 0 Å². The maximum absolute atomic E-state index is 5.51. The van der Waals surface area contributed by atoms with E-state index in [9.17, 15) is 0 Å². The Morgan fingerprint density at radius 1 is 1.00 bits per heavy atom. The first-order valence-corrected chi connectivity index (χ1v) is 8.81. The molecule has 3 aromatic rings. The topological polar surface area (TPSA) is 64.0 Å². The largest absolute Gasteiger partial charge is 0.381 e. The summed E-state index contributed by atoms with van der Waals surface area (Å²) in [6, 6.07) is 10.2. The summed E-state index contributed by atoms with van der Waals surface area (Å²) >= 11 is 0. The number of aromatic nitrogens is 4. The standard InChI is InChI=1S/C20H21N5O/c1-3-16(10-21-6-1)12-25(13-17-4-2-7-22-11-17)20-9-19(23-15-24-20)18-5-8-26-14-18/h1-4,6-7,9-11,15,18H,5,8,12-14H2/t18-/m0/s1. The van der Waals surface area contributed by atoms with Crippen LogP contribution in [0, 0.1) is 0 Å². The molecule has 0 unspecified atom stereocenters. The average molecular weight is 347 g/mol. The van der Waals surface area contributed by atoms with Crippen molar-refractivity contribution >= 4 is 5.82 Å². The number of pyridine rings is 2. The summed E-state index contributed by atoms with van der Waals surface area (Å²) in [5.74, 6) is 1.27. The van der Waals surface area contributed by atoms with E-state index in [-0.39, 0.29) is 0 Å². The van der Waals surface area contributed by atoms with E-state index in [1.807, 2.05) is 24.5 Å². The molecule has 4 rings (SSSR count). The molecule has 0 aliphatic carbocycles. The number of hydrogen-bond donors (Lipinski definition) is 0. The summed E-state index contributed by atoms with van der Waals surface area (Å²) in [5, 5.41) is 0. The molecule has 0 spiro atoms. The number of rotatable bonds is 6. The lowest BCUT2D eigenvalue weighted by Crippen LogP contribution is -2.24. The SMILES string of the molecule is c1cncc(CN(Cc2cccnc2)c2cc([C@H]3CCOC3)ncn2)c1. The minimum Gasteiger partial charge on any atom is -0.381 e. The van der Waals surface area contributed by atoms with Crippen LogP contribution in [-0.4, -0.2) is 33.1 Å². The van der Waals surface area contributed by atoms with Crippen molar-refractivity contribution < 1.29 is 4.74 Å². The van der Waals surface area contributed by atoms with Crippen molar-refractivity contribution in [1.29, 1.82) is 0 Å². The maximum atomic E-state index is 5.51. The summed E-state index contributed by atoms with van der Waals surface area (Å²) in [7, 11) is 0. The van der Waals surface area contributed by atoms with E-state index in [2.05, 4.69) is 43.0 Å². The van der Waals surface area contributed by atoms with Crippen molar-refractivity contribution in [3.8, 4) is 0 Å². The molecule has 0 saturated carbocycles. The maximum Gasteiger partial charge on any atom is 0.132 e. The molecule has 1 aliphatic heterocycles. The van der Waals surface area contributed by atoms with Crippen LogP contribution in [0.1, 0.15) is 29.2 Å². The van der Waals surface area contributed by atoms with Gasteiger partial charge in [-0.05, 0) is 29.7 Å². The highest BCUT2D eigenvalue weighted by Gasteiger charge is 2.21. The fourth-order valence-electron chi connectivity index (χ4n) is 3.17. The van der Waals surface area contributed by atoms with Crippen LogP contribution in [0.15, 0.2) is 61.4 Å². The average Bonchev–Trinajstić information content (AvgIpc) is 3.24. The molecular formula is C20H21N5O. The normalized spacial score (nSPS) is 16.5. The quantitative estimate of drug-likeness (QED) is 0.683. The Labute approximate surface area is 152 Å². The Morgan fingerprint density at radius 2 is 1.73 bits per heavy atom. The molecule has 0 amide bonds. The lowest BCUT2D eigenvalue weighted by molar-refractivity contribution is 0.193. The first-order chi connectivity index (χ1) is 12.9. The van der Waals surface area contributed by atoms with Gasteiger partial charge in [0.05, 0.1) is 12.3 Å². The summed E-state index contributed by atoms with van der Waals surface area (Å²) in [5.41, 5.74) is 3.33. The number of hydrogen-bond acceptors (Lipinski definition) is 6. The third-order valence-corrected chi connectivity index (χ3v) is 4.54. The lowest BCUT2D eigenvalue weighted by Gasteiger charge is -2.24. The molecule has 3 aromatic heterocycles. The summed E-state index contributed by atoms with van der Waals surface area (Å²) in [4.78, 5) is 19.7. The van der Waals surface area contributed by atoms with E-state index >= 15 is 0 Å². The van der Waals surface area contributed by atoms with Crippen LogP contribution >= 0.6 is 0 Å². The highest BCUT2D eigenvalue weighted by molar-refractivity contribution is 5.41. The molecule has 1 aliphatic rings. The monoisotopic (exact) mass is 347 g/mol. The fourth-order valence-corrected chi connectivity index (χ4v) is 3.17. The zero-order chi connectivity index (χ0) is 17.6. The Bertz CT molecular complexity index is 780. The van der Waals surface area contributed by atoms with Gasteiger partial charge in [0, 0.05) is 56.5 Å². The molecule has 0 radical (unpaired) electrons. The smallest absolute Gasteiger partial charge is 0.132 e. The van der Waals surface area contributed by atoms with Gasteiger partial charge in [0.1, 0.15) is 12.1 Å². The van der Waals surface area contributed by atoms with Crippen LogP contribution < -0.4 is 4.90 Å². The summed E-state index contributed by atoms with van der Waals surface area (Å²) in [6.07, 6.45) is 10.0. The highest BCUT2D eigenvalue weighted by Crippen LogP contribution is 2.26. The second-order valence-electron chi connectivity index (χ2n) is 6.44. The van der Waals surface area contributed by atoms with Crippen LogP contribution in [0.3, 0.4) is 0 Å². The van der Waals surface area contributed by atoms with E-state index in [0.29, 0.717) is 5.92 Å². The molecule has 1 saturated heterocycles. The Balaban J connectivity index is 1.62. The molecule has 4 heterocycles. The molecule has 0 N–H and O–H groups in total. The van der Waals surface area contributed by atoms with Crippen LogP contribution in [0.4, 0.5) is 5.82 Å². The summed E-state index contributed by atoms with van der Waals surface area (Å²) in [6.45, 7) is 2.99. The first-order valence-electron chi connectivity index (χ1n) is 8.81. The van der Waals surface area contributed by atoms with Gasteiger partial charge in [-0.3, -0.25) is 9.97 Å². The van der Waals surface area contributed by atoms with Gasteiger partial charge in [0.15, 0.2) is 0 Å².